The monoisotopic (exact) mass is 269 g/mol. The third-order valence-corrected chi connectivity index (χ3v) is 1.82. The molecule has 0 aliphatic heterocycles. The number of carbonyl (C=O) groups excluding carboxylic acids is 2. The highest BCUT2D eigenvalue weighted by Crippen LogP contribution is 2.11. The van der Waals surface area contributed by atoms with Crippen molar-refractivity contribution in [2.45, 2.75) is 26.4 Å². The van der Waals surface area contributed by atoms with E-state index in [1.807, 2.05) is 0 Å². The molecule has 1 aromatic rings. The number of hydrogen-bond donors (Lipinski definition) is 1. The lowest BCUT2D eigenvalue weighted by atomic mass is 10.2. The lowest BCUT2D eigenvalue weighted by Crippen LogP contribution is -2.36. The molecule has 0 bridgehead atoms. The largest absolute Gasteiger partial charge is 0.444 e. The van der Waals surface area contributed by atoms with E-state index >= 15 is 0 Å². The second-order valence-corrected chi connectivity index (χ2v) is 4.78. The van der Waals surface area contributed by atoms with Crippen LogP contribution in [0.25, 0.3) is 0 Å². The second-order valence-electron chi connectivity index (χ2n) is 4.78. The fourth-order valence-electron chi connectivity index (χ4n) is 1.13. The molecule has 0 aliphatic rings. The molecule has 0 spiro atoms. The van der Waals surface area contributed by atoms with Crippen LogP contribution in [-0.2, 0) is 9.53 Å². The molecular weight excluding hydrogens is 253 g/mol. The van der Waals surface area contributed by atoms with Gasteiger partial charge in [0.15, 0.2) is 0 Å². The van der Waals surface area contributed by atoms with Gasteiger partial charge in [0.25, 0.3) is 0 Å². The van der Waals surface area contributed by atoms with E-state index in [1.165, 1.54) is 24.3 Å². The summed E-state index contributed by atoms with van der Waals surface area (Å²) in [6.45, 7) is 4.81. The fraction of sp³-hybridized carbons (Fsp3) is 0.385. The van der Waals surface area contributed by atoms with E-state index in [0.717, 1.165) is 0 Å². The average Bonchev–Trinajstić information content (AvgIpc) is 2.27. The molecule has 1 amide bonds. The number of nitrogens with one attached hydrogen (secondary N) is 1. The molecule has 0 aliphatic carbocycles. The van der Waals surface area contributed by atoms with E-state index < -0.39 is 23.5 Å². The summed E-state index contributed by atoms with van der Waals surface area (Å²) in [5.74, 6) is -0.887. The summed E-state index contributed by atoms with van der Waals surface area (Å²) in [4.78, 5) is 22.7. The van der Waals surface area contributed by atoms with Gasteiger partial charge in [0, 0.05) is 0 Å². The minimum absolute atomic E-state index is 0.206. The average molecular weight is 269 g/mol. The first-order valence-electron chi connectivity index (χ1n) is 5.69. The van der Waals surface area contributed by atoms with Crippen molar-refractivity contribution < 1.29 is 23.5 Å². The molecule has 6 heteroatoms. The zero-order valence-electron chi connectivity index (χ0n) is 11.0. The van der Waals surface area contributed by atoms with E-state index in [1.54, 1.807) is 20.8 Å². The van der Waals surface area contributed by atoms with Gasteiger partial charge in [-0.05, 0) is 45.0 Å². The van der Waals surface area contributed by atoms with Crippen molar-refractivity contribution in [1.29, 1.82) is 0 Å². The molecule has 104 valence electrons. The van der Waals surface area contributed by atoms with Gasteiger partial charge in [-0.2, -0.15) is 0 Å². The summed E-state index contributed by atoms with van der Waals surface area (Å²) in [7, 11) is 0. The molecule has 0 unspecified atom stereocenters. The van der Waals surface area contributed by atoms with Gasteiger partial charge >= 0.3 is 12.1 Å². The van der Waals surface area contributed by atoms with Crippen LogP contribution in [0.1, 0.15) is 20.8 Å². The molecule has 0 atom stereocenters. The highest BCUT2D eigenvalue weighted by molar-refractivity contribution is 5.79. The van der Waals surface area contributed by atoms with Crippen LogP contribution in [0, 0.1) is 5.82 Å². The number of alkyl carbamates (subject to hydrolysis) is 1. The summed E-state index contributed by atoms with van der Waals surface area (Å²) in [6.07, 6.45) is -0.705. The Morgan fingerprint density at radius 1 is 1.21 bits per heavy atom. The molecule has 0 fully saturated rings. The molecule has 5 nitrogen and oxygen atoms in total. The summed E-state index contributed by atoms with van der Waals surface area (Å²) in [5, 5.41) is 2.26. The highest BCUT2D eigenvalue weighted by atomic mass is 19.1. The van der Waals surface area contributed by atoms with Gasteiger partial charge in [-0.25, -0.2) is 14.0 Å². The Hall–Kier alpha value is -2.11. The first-order valence-corrected chi connectivity index (χ1v) is 5.69. The fourth-order valence-corrected chi connectivity index (χ4v) is 1.13. The minimum atomic E-state index is -0.705. The maximum atomic E-state index is 12.6. The molecule has 1 N–H and O–H groups in total. The number of carbonyl (C=O) groups is 2. The highest BCUT2D eigenvalue weighted by Gasteiger charge is 2.17. The molecular formula is C13H16FNO4. The number of halogens is 1. The maximum absolute atomic E-state index is 12.6. The molecule has 0 aromatic heterocycles. The van der Waals surface area contributed by atoms with Gasteiger partial charge in [-0.3, -0.25) is 0 Å². The normalized spacial score (nSPS) is 10.7. The van der Waals surface area contributed by atoms with Crippen molar-refractivity contribution in [2.75, 3.05) is 6.54 Å². The van der Waals surface area contributed by atoms with Gasteiger partial charge in [0.2, 0.25) is 0 Å². The second kappa shape index (κ2) is 6.17. The van der Waals surface area contributed by atoms with E-state index in [-0.39, 0.29) is 12.3 Å². The first-order chi connectivity index (χ1) is 8.76. The Labute approximate surface area is 110 Å². The van der Waals surface area contributed by atoms with Crippen molar-refractivity contribution in [2.24, 2.45) is 0 Å². The van der Waals surface area contributed by atoms with Gasteiger partial charge in [-0.1, -0.05) is 0 Å². The van der Waals surface area contributed by atoms with E-state index in [9.17, 15) is 14.0 Å². The van der Waals surface area contributed by atoms with Crippen LogP contribution in [0.2, 0.25) is 0 Å². The summed E-state index contributed by atoms with van der Waals surface area (Å²) < 4.78 is 22.4. The van der Waals surface area contributed by atoms with Crippen LogP contribution in [-0.4, -0.2) is 24.2 Å². The van der Waals surface area contributed by atoms with E-state index in [2.05, 4.69) is 5.32 Å². The number of amides is 1. The van der Waals surface area contributed by atoms with Crippen LogP contribution in [0.5, 0.6) is 5.75 Å². The van der Waals surface area contributed by atoms with E-state index in [4.69, 9.17) is 9.47 Å². The van der Waals surface area contributed by atoms with Crippen molar-refractivity contribution in [3.8, 4) is 5.75 Å². The third-order valence-electron chi connectivity index (χ3n) is 1.82. The summed E-state index contributed by atoms with van der Waals surface area (Å²) in [5.41, 5.74) is -0.634. The van der Waals surface area contributed by atoms with Crippen LogP contribution < -0.4 is 10.1 Å². The topological polar surface area (TPSA) is 64.6 Å². The molecule has 0 saturated heterocycles. The van der Waals surface area contributed by atoms with E-state index in [0.29, 0.717) is 0 Å². The van der Waals surface area contributed by atoms with Crippen LogP contribution >= 0.6 is 0 Å². The molecule has 19 heavy (non-hydrogen) atoms. The lowest BCUT2D eigenvalue weighted by molar-refractivity contribution is -0.133. The Morgan fingerprint density at radius 2 is 1.79 bits per heavy atom. The Kier molecular flexibility index (Phi) is 4.86. The van der Waals surface area contributed by atoms with Crippen LogP contribution in [0.4, 0.5) is 9.18 Å². The lowest BCUT2D eigenvalue weighted by Gasteiger charge is -2.19. The molecule has 0 heterocycles. The smallest absolute Gasteiger partial charge is 0.408 e. The van der Waals surface area contributed by atoms with Crippen molar-refractivity contribution in [3.05, 3.63) is 30.1 Å². The Morgan fingerprint density at radius 3 is 2.32 bits per heavy atom. The quantitative estimate of drug-likeness (QED) is 0.675. The Balaban J connectivity index is 2.36. The SMILES string of the molecule is CC(C)(C)OC(=O)NCC(=O)Oc1ccc(F)cc1. The number of rotatable bonds is 3. The first kappa shape index (κ1) is 14.9. The summed E-state index contributed by atoms with van der Waals surface area (Å²) >= 11 is 0. The van der Waals surface area contributed by atoms with Crippen LogP contribution in [0.3, 0.4) is 0 Å². The maximum Gasteiger partial charge on any atom is 0.408 e. The van der Waals surface area contributed by atoms with Crippen molar-refractivity contribution in [3.63, 3.8) is 0 Å². The van der Waals surface area contributed by atoms with Crippen molar-refractivity contribution in [1.82, 2.24) is 5.32 Å². The number of esters is 1. The number of hydrogen-bond acceptors (Lipinski definition) is 4. The minimum Gasteiger partial charge on any atom is -0.444 e. The standard InChI is InChI=1S/C13H16FNO4/c1-13(2,3)19-12(17)15-8-11(16)18-10-6-4-9(14)5-7-10/h4-7H,8H2,1-3H3,(H,15,17). The van der Waals surface area contributed by atoms with Gasteiger partial charge in [0.1, 0.15) is 23.7 Å². The molecule has 1 aromatic carbocycles. The Bertz CT molecular complexity index is 451. The molecule has 0 saturated carbocycles. The number of benzene rings is 1. The molecule has 0 radical (unpaired) electrons. The van der Waals surface area contributed by atoms with Crippen molar-refractivity contribution >= 4 is 12.1 Å². The number of ether oxygens (including phenoxy) is 2. The third kappa shape index (κ3) is 6.40. The predicted molar refractivity (Wildman–Crippen MR) is 66.3 cm³/mol. The van der Waals surface area contributed by atoms with Gasteiger partial charge in [0.05, 0.1) is 0 Å². The zero-order valence-corrected chi connectivity index (χ0v) is 11.0. The molecule has 1 rings (SSSR count). The van der Waals surface area contributed by atoms with Gasteiger partial charge in [-0.15, -0.1) is 0 Å². The van der Waals surface area contributed by atoms with Crippen LogP contribution in [0.15, 0.2) is 24.3 Å². The summed E-state index contributed by atoms with van der Waals surface area (Å²) in [6, 6.07) is 4.98. The van der Waals surface area contributed by atoms with Gasteiger partial charge < -0.3 is 14.8 Å². The zero-order chi connectivity index (χ0) is 14.5. The predicted octanol–water partition coefficient (Wildman–Crippen LogP) is 2.26.